The maximum Gasteiger partial charge on any atom is 0.228 e. The molecule has 3 nitrogen and oxygen atoms in total. The number of ether oxygens (including phenoxy) is 1. The van der Waals surface area contributed by atoms with Gasteiger partial charge in [0.1, 0.15) is 5.60 Å². The van der Waals surface area contributed by atoms with Crippen LogP contribution in [0.3, 0.4) is 0 Å². The van der Waals surface area contributed by atoms with E-state index in [2.05, 4.69) is 20.9 Å². The Balaban J connectivity index is 2.89. The topological polar surface area (TPSA) is 48.1 Å². The molecular weight excluding hydrogens is 244 g/mol. The van der Waals surface area contributed by atoms with Gasteiger partial charge in [0.25, 0.3) is 0 Å². The number of nitrogens with two attached hydrogens (primary N) is 1. The van der Waals surface area contributed by atoms with E-state index < -0.39 is 0 Å². The van der Waals surface area contributed by atoms with Crippen LogP contribution in [-0.2, 0) is 6.54 Å². The van der Waals surface area contributed by atoms with Crippen molar-refractivity contribution in [2.24, 2.45) is 5.73 Å². The van der Waals surface area contributed by atoms with Crippen molar-refractivity contribution in [2.45, 2.75) is 32.9 Å². The van der Waals surface area contributed by atoms with Gasteiger partial charge in [-0.1, -0.05) is 0 Å². The molecule has 0 aliphatic rings. The third kappa shape index (κ3) is 3.27. The molecule has 0 fully saturated rings. The minimum Gasteiger partial charge on any atom is -0.471 e. The summed E-state index contributed by atoms with van der Waals surface area (Å²) in [6, 6.07) is 1.92. The van der Waals surface area contributed by atoms with Crippen molar-refractivity contribution < 1.29 is 4.74 Å². The Bertz CT molecular complexity index is 320. The van der Waals surface area contributed by atoms with Crippen molar-refractivity contribution in [1.29, 1.82) is 0 Å². The highest BCUT2D eigenvalue weighted by atomic mass is 79.9. The molecule has 78 valence electrons. The van der Waals surface area contributed by atoms with Gasteiger partial charge in [0.05, 0.1) is 4.47 Å². The second kappa shape index (κ2) is 4.28. The van der Waals surface area contributed by atoms with Gasteiger partial charge in [0, 0.05) is 12.7 Å². The Hall–Kier alpha value is -0.610. The number of hydrogen-bond donors (Lipinski definition) is 1. The zero-order valence-electron chi connectivity index (χ0n) is 8.67. The van der Waals surface area contributed by atoms with Crippen LogP contribution in [0.1, 0.15) is 26.3 Å². The van der Waals surface area contributed by atoms with Gasteiger partial charge in [-0.3, -0.25) is 0 Å². The molecule has 0 saturated carbocycles. The van der Waals surface area contributed by atoms with Crippen LogP contribution < -0.4 is 10.5 Å². The predicted molar refractivity (Wildman–Crippen MR) is 60.2 cm³/mol. The SMILES string of the molecule is CC(C)(C)Oc1ncc(CN)cc1Br. The fourth-order valence-corrected chi connectivity index (χ4v) is 1.42. The van der Waals surface area contributed by atoms with Crippen LogP contribution >= 0.6 is 15.9 Å². The molecule has 0 atom stereocenters. The van der Waals surface area contributed by atoms with Gasteiger partial charge in [0.2, 0.25) is 5.88 Å². The summed E-state index contributed by atoms with van der Waals surface area (Å²) in [6.45, 7) is 6.44. The Kier molecular flexibility index (Phi) is 3.50. The largest absolute Gasteiger partial charge is 0.471 e. The molecule has 0 saturated heterocycles. The van der Waals surface area contributed by atoms with Crippen molar-refractivity contribution in [2.75, 3.05) is 0 Å². The summed E-state index contributed by atoms with van der Waals surface area (Å²) >= 11 is 3.40. The minimum atomic E-state index is -0.236. The molecule has 0 spiro atoms. The van der Waals surface area contributed by atoms with Gasteiger partial charge in [-0.25, -0.2) is 4.98 Å². The smallest absolute Gasteiger partial charge is 0.228 e. The molecule has 0 aliphatic carbocycles. The molecule has 0 aromatic carbocycles. The van der Waals surface area contributed by atoms with Crippen LogP contribution in [0, 0.1) is 0 Å². The van der Waals surface area contributed by atoms with Crippen LogP contribution in [-0.4, -0.2) is 10.6 Å². The van der Waals surface area contributed by atoms with Gasteiger partial charge < -0.3 is 10.5 Å². The lowest BCUT2D eigenvalue weighted by molar-refractivity contribution is 0.123. The zero-order chi connectivity index (χ0) is 10.8. The van der Waals surface area contributed by atoms with E-state index >= 15 is 0 Å². The fraction of sp³-hybridized carbons (Fsp3) is 0.500. The number of aromatic nitrogens is 1. The molecule has 14 heavy (non-hydrogen) atoms. The highest BCUT2D eigenvalue weighted by Gasteiger charge is 2.14. The van der Waals surface area contributed by atoms with E-state index in [1.54, 1.807) is 6.20 Å². The molecule has 1 aromatic heterocycles. The van der Waals surface area contributed by atoms with Crippen LogP contribution in [0.25, 0.3) is 0 Å². The summed E-state index contributed by atoms with van der Waals surface area (Å²) in [7, 11) is 0. The number of hydrogen-bond acceptors (Lipinski definition) is 3. The standard InChI is InChI=1S/C10H15BrN2O/c1-10(2,3)14-9-8(11)4-7(5-12)6-13-9/h4,6H,5,12H2,1-3H3. The average Bonchev–Trinajstić information content (AvgIpc) is 2.06. The molecule has 1 aromatic rings. The van der Waals surface area contributed by atoms with Gasteiger partial charge >= 0.3 is 0 Å². The lowest BCUT2D eigenvalue weighted by atomic mass is 10.2. The van der Waals surface area contributed by atoms with Crippen molar-refractivity contribution >= 4 is 15.9 Å². The van der Waals surface area contributed by atoms with Crippen molar-refractivity contribution in [3.8, 4) is 5.88 Å². The number of halogens is 1. The fourth-order valence-electron chi connectivity index (χ4n) is 0.942. The van der Waals surface area contributed by atoms with E-state index in [0.717, 1.165) is 10.0 Å². The predicted octanol–water partition coefficient (Wildman–Crippen LogP) is 2.48. The number of nitrogens with zero attached hydrogens (tertiary/aromatic N) is 1. The molecule has 0 unspecified atom stereocenters. The van der Waals surface area contributed by atoms with E-state index in [1.807, 2.05) is 26.8 Å². The van der Waals surface area contributed by atoms with Gasteiger partial charge in [0.15, 0.2) is 0 Å². The Labute approximate surface area is 92.8 Å². The van der Waals surface area contributed by atoms with Crippen molar-refractivity contribution in [3.05, 3.63) is 22.3 Å². The molecule has 2 N–H and O–H groups in total. The Morgan fingerprint density at radius 1 is 1.50 bits per heavy atom. The van der Waals surface area contributed by atoms with E-state index in [0.29, 0.717) is 12.4 Å². The van der Waals surface area contributed by atoms with E-state index in [9.17, 15) is 0 Å². The maximum absolute atomic E-state index is 5.63. The molecule has 0 radical (unpaired) electrons. The summed E-state index contributed by atoms with van der Waals surface area (Å²) in [5, 5.41) is 0. The van der Waals surface area contributed by atoms with E-state index in [4.69, 9.17) is 10.5 Å². The first-order valence-corrected chi connectivity index (χ1v) is 5.25. The lowest BCUT2D eigenvalue weighted by Gasteiger charge is -2.21. The Morgan fingerprint density at radius 2 is 2.14 bits per heavy atom. The van der Waals surface area contributed by atoms with Gasteiger partial charge in [-0.2, -0.15) is 0 Å². The first-order valence-electron chi connectivity index (χ1n) is 4.46. The Morgan fingerprint density at radius 3 is 2.57 bits per heavy atom. The first kappa shape index (κ1) is 11.5. The minimum absolute atomic E-state index is 0.236. The summed E-state index contributed by atoms with van der Waals surface area (Å²) in [5.74, 6) is 0.606. The van der Waals surface area contributed by atoms with E-state index in [1.165, 1.54) is 0 Å². The molecule has 0 aliphatic heterocycles. The van der Waals surface area contributed by atoms with Crippen LogP contribution in [0.5, 0.6) is 5.88 Å². The van der Waals surface area contributed by atoms with Gasteiger partial charge in [-0.05, 0) is 48.3 Å². The summed E-state index contributed by atoms with van der Waals surface area (Å²) in [6.07, 6.45) is 1.73. The summed E-state index contributed by atoms with van der Waals surface area (Å²) in [4.78, 5) is 4.19. The second-order valence-electron chi connectivity index (χ2n) is 4.05. The number of pyridine rings is 1. The third-order valence-electron chi connectivity index (χ3n) is 1.50. The molecule has 0 bridgehead atoms. The quantitative estimate of drug-likeness (QED) is 0.887. The molecule has 0 amide bonds. The second-order valence-corrected chi connectivity index (χ2v) is 4.90. The zero-order valence-corrected chi connectivity index (χ0v) is 10.3. The van der Waals surface area contributed by atoms with Crippen LogP contribution in [0.2, 0.25) is 0 Å². The third-order valence-corrected chi connectivity index (χ3v) is 2.07. The highest BCUT2D eigenvalue weighted by Crippen LogP contribution is 2.26. The van der Waals surface area contributed by atoms with Crippen LogP contribution in [0.4, 0.5) is 0 Å². The molecular formula is C10H15BrN2O. The van der Waals surface area contributed by atoms with Crippen LogP contribution in [0.15, 0.2) is 16.7 Å². The van der Waals surface area contributed by atoms with Crippen molar-refractivity contribution in [1.82, 2.24) is 4.98 Å². The average molecular weight is 259 g/mol. The first-order chi connectivity index (χ1) is 6.42. The van der Waals surface area contributed by atoms with Gasteiger partial charge in [-0.15, -0.1) is 0 Å². The normalized spacial score (nSPS) is 11.5. The monoisotopic (exact) mass is 258 g/mol. The molecule has 1 heterocycles. The lowest BCUT2D eigenvalue weighted by Crippen LogP contribution is -2.23. The number of rotatable bonds is 2. The maximum atomic E-state index is 5.63. The summed E-state index contributed by atoms with van der Waals surface area (Å²) < 4.78 is 6.48. The summed E-state index contributed by atoms with van der Waals surface area (Å²) in [5.41, 5.74) is 6.24. The van der Waals surface area contributed by atoms with E-state index in [-0.39, 0.29) is 5.60 Å². The highest BCUT2D eigenvalue weighted by molar-refractivity contribution is 9.10. The molecule has 1 rings (SSSR count). The van der Waals surface area contributed by atoms with Crippen molar-refractivity contribution in [3.63, 3.8) is 0 Å². The molecule has 4 heteroatoms.